The summed E-state index contributed by atoms with van der Waals surface area (Å²) < 4.78 is 0. The van der Waals surface area contributed by atoms with Crippen molar-refractivity contribution in [2.24, 2.45) is 0 Å². The predicted octanol–water partition coefficient (Wildman–Crippen LogP) is 10.0. The van der Waals surface area contributed by atoms with Crippen LogP contribution in [0.4, 0.5) is 0 Å². The molecule has 0 fully saturated rings. The van der Waals surface area contributed by atoms with Gasteiger partial charge in [0.2, 0.25) is 0 Å². The van der Waals surface area contributed by atoms with Gasteiger partial charge in [-0.2, -0.15) is 0 Å². The number of hydrogen-bond acceptors (Lipinski definition) is 3. The van der Waals surface area contributed by atoms with Gasteiger partial charge in [0.05, 0.1) is 6.61 Å². The highest BCUT2D eigenvalue weighted by Gasteiger charge is 2.09. The maximum Gasteiger partial charge on any atom is 0.0558 e. The lowest BCUT2D eigenvalue weighted by atomic mass is 10.1. The fraction of sp³-hybridized carbons (Fsp3) is 1.00. The van der Waals surface area contributed by atoms with Gasteiger partial charge in [-0.3, -0.25) is 4.90 Å². The first-order chi connectivity index (χ1) is 18.3. The molecule has 0 aromatic heterocycles. The summed E-state index contributed by atoms with van der Waals surface area (Å²) in [6.45, 7) is 14.1. The van der Waals surface area contributed by atoms with Crippen molar-refractivity contribution in [3.05, 3.63) is 0 Å². The Morgan fingerprint density at radius 3 is 0.811 bits per heavy atom. The van der Waals surface area contributed by atoms with Crippen LogP contribution in [0.3, 0.4) is 0 Å². The van der Waals surface area contributed by atoms with E-state index in [1.54, 1.807) is 0 Å². The van der Waals surface area contributed by atoms with Gasteiger partial charge in [0.15, 0.2) is 0 Å². The Morgan fingerprint density at radius 1 is 0.297 bits per heavy atom. The second kappa shape index (κ2) is 32.1. The highest BCUT2D eigenvalue weighted by Crippen LogP contribution is 2.12. The molecule has 0 amide bonds. The Kier molecular flexibility index (Phi) is 32.0. The minimum Gasteiger partial charge on any atom is -0.395 e. The molecule has 0 unspecified atom stereocenters. The van der Waals surface area contributed by atoms with Crippen LogP contribution in [0.15, 0.2) is 0 Å². The third kappa shape index (κ3) is 28.7. The third-order valence-corrected chi connectivity index (χ3v) is 8.13. The molecule has 0 saturated heterocycles. The molecule has 224 valence electrons. The Hall–Kier alpha value is -0.120. The minimum absolute atomic E-state index is 0.299. The minimum atomic E-state index is 0.299. The lowest BCUT2D eigenvalue weighted by molar-refractivity contribution is 0.163. The predicted molar refractivity (Wildman–Crippen MR) is 168 cm³/mol. The summed E-state index contributed by atoms with van der Waals surface area (Å²) in [4.78, 5) is 5.29. The van der Waals surface area contributed by atoms with E-state index in [9.17, 15) is 5.11 Å². The average molecular weight is 525 g/mol. The van der Waals surface area contributed by atoms with Gasteiger partial charge in [-0.1, -0.05) is 156 Å². The summed E-state index contributed by atoms with van der Waals surface area (Å²) in [5.74, 6) is 0. The molecule has 0 bridgehead atoms. The van der Waals surface area contributed by atoms with Gasteiger partial charge in [-0.25, -0.2) is 0 Å². The summed E-state index contributed by atoms with van der Waals surface area (Å²) in [5.41, 5.74) is 0. The molecule has 3 nitrogen and oxygen atoms in total. The molecule has 0 atom stereocenters. The molecule has 0 aliphatic carbocycles. The van der Waals surface area contributed by atoms with Crippen LogP contribution in [0.1, 0.15) is 175 Å². The second-order valence-corrected chi connectivity index (χ2v) is 11.8. The summed E-state index contributed by atoms with van der Waals surface area (Å²) in [5, 5.41) is 9.63. The van der Waals surface area contributed by atoms with Gasteiger partial charge in [-0.15, -0.1) is 0 Å². The van der Waals surface area contributed by atoms with Crippen LogP contribution in [-0.4, -0.2) is 60.8 Å². The van der Waals surface area contributed by atoms with Crippen LogP contribution in [0, 0.1) is 0 Å². The lowest BCUT2D eigenvalue weighted by Crippen LogP contribution is -2.38. The summed E-state index contributed by atoms with van der Waals surface area (Å²) in [6, 6.07) is 0. The van der Waals surface area contributed by atoms with E-state index in [1.807, 2.05) is 0 Å². The van der Waals surface area contributed by atoms with Crippen LogP contribution in [0.5, 0.6) is 0 Å². The highest BCUT2D eigenvalue weighted by atomic mass is 16.3. The summed E-state index contributed by atoms with van der Waals surface area (Å²) >= 11 is 0. The SMILES string of the molecule is CCCCCCCCCCCCN(CCO)CCN(CCCCCCCCC)CCCCCCCCC. The second-order valence-electron chi connectivity index (χ2n) is 11.8. The molecule has 0 spiro atoms. The van der Waals surface area contributed by atoms with Crippen LogP contribution < -0.4 is 0 Å². The van der Waals surface area contributed by atoms with Gasteiger partial charge in [-0.05, 0) is 38.9 Å². The zero-order valence-corrected chi connectivity index (χ0v) is 26.3. The average Bonchev–Trinajstić information content (AvgIpc) is 2.91. The molecule has 0 radical (unpaired) electrons. The largest absolute Gasteiger partial charge is 0.395 e. The Morgan fingerprint density at radius 2 is 0.541 bits per heavy atom. The molecule has 37 heavy (non-hydrogen) atoms. The van der Waals surface area contributed by atoms with Crippen molar-refractivity contribution in [2.45, 2.75) is 175 Å². The first-order valence-electron chi connectivity index (χ1n) is 17.3. The summed E-state index contributed by atoms with van der Waals surface area (Å²) in [6.07, 6.45) is 33.5. The highest BCUT2D eigenvalue weighted by molar-refractivity contribution is 4.65. The number of hydrogen-bond donors (Lipinski definition) is 1. The van der Waals surface area contributed by atoms with E-state index in [2.05, 4.69) is 30.6 Å². The van der Waals surface area contributed by atoms with Gasteiger partial charge in [0.25, 0.3) is 0 Å². The molecule has 0 aliphatic rings. The van der Waals surface area contributed by atoms with Gasteiger partial charge < -0.3 is 10.0 Å². The molecule has 0 aromatic carbocycles. The molecule has 0 heterocycles. The zero-order valence-electron chi connectivity index (χ0n) is 26.3. The van der Waals surface area contributed by atoms with Crippen LogP contribution >= 0.6 is 0 Å². The smallest absolute Gasteiger partial charge is 0.0558 e. The zero-order chi connectivity index (χ0) is 27.1. The third-order valence-electron chi connectivity index (χ3n) is 8.13. The number of aliphatic hydroxyl groups is 1. The molecule has 0 aromatic rings. The first kappa shape index (κ1) is 36.9. The fourth-order valence-electron chi connectivity index (χ4n) is 5.50. The van der Waals surface area contributed by atoms with Crippen molar-refractivity contribution < 1.29 is 5.11 Å². The van der Waals surface area contributed by atoms with Gasteiger partial charge in [0.1, 0.15) is 0 Å². The van der Waals surface area contributed by atoms with E-state index in [-0.39, 0.29) is 0 Å². The Bertz CT molecular complexity index is 385. The molecular weight excluding hydrogens is 452 g/mol. The van der Waals surface area contributed by atoms with E-state index in [0.29, 0.717) is 6.61 Å². The standard InChI is InChI=1S/C34H72N2O/c1-4-7-10-13-16-17-18-21-24-27-30-36(33-34-37)32-31-35(28-25-22-19-14-11-8-5-2)29-26-23-20-15-12-9-6-3/h37H,4-34H2,1-3H3. The maximum atomic E-state index is 9.63. The summed E-state index contributed by atoms with van der Waals surface area (Å²) in [7, 11) is 0. The van der Waals surface area contributed by atoms with Crippen molar-refractivity contribution in [3.8, 4) is 0 Å². The lowest BCUT2D eigenvalue weighted by Gasteiger charge is -2.27. The molecule has 1 N–H and O–H groups in total. The maximum absolute atomic E-state index is 9.63. The van der Waals surface area contributed by atoms with E-state index < -0.39 is 0 Å². The molecule has 0 saturated carbocycles. The number of unbranched alkanes of at least 4 members (excludes halogenated alkanes) is 21. The number of nitrogens with zero attached hydrogens (tertiary/aromatic N) is 2. The van der Waals surface area contributed by atoms with Crippen molar-refractivity contribution in [2.75, 3.05) is 45.9 Å². The van der Waals surface area contributed by atoms with Crippen molar-refractivity contribution in [1.29, 1.82) is 0 Å². The van der Waals surface area contributed by atoms with E-state index >= 15 is 0 Å². The first-order valence-corrected chi connectivity index (χ1v) is 17.3. The van der Waals surface area contributed by atoms with Crippen molar-refractivity contribution in [1.82, 2.24) is 9.80 Å². The Labute approximate surface area is 235 Å². The van der Waals surface area contributed by atoms with E-state index in [4.69, 9.17) is 0 Å². The number of rotatable bonds is 32. The molecule has 0 aliphatic heterocycles. The van der Waals surface area contributed by atoms with Gasteiger partial charge >= 0.3 is 0 Å². The molecule has 0 rings (SSSR count). The topological polar surface area (TPSA) is 26.7 Å². The fourth-order valence-corrected chi connectivity index (χ4v) is 5.50. The number of aliphatic hydroxyl groups excluding tert-OH is 1. The van der Waals surface area contributed by atoms with E-state index in [0.717, 1.165) is 13.1 Å². The molecule has 3 heteroatoms. The monoisotopic (exact) mass is 525 g/mol. The van der Waals surface area contributed by atoms with Crippen LogP contribution in [-0.2, 0) is 0 Å². The van der Waals surface area contributed by atoms with Crippen molar-refractivity contribution >= 4 is 0 Å². The van der Waals surface area contributed by atoms with E-state index in [1.165, 1.54) is 180 Å². The van der Waals surface area contributed by atoms with Crippen molar-refractivity contribution in [3.63, 3.8) is 0 Å². The van der Waals surface area contributed by atoms with Crippen LogP contribution in [0.25, 0.3) is 0 Å². The quantitative estimate of drug-likeness (QED) is 0.0887. The normalized spacial score (nSPS) is 11.8. The Balaban J connectivity index is 4.19. The van der Waals surface area contributed by atoms with Gasteiger partial charge in [0, 0.05) is 19.6 Å². The van der Waals surface area contributed by atoms with Crippen LogP contribution in [0.2, 0.25) is 0 Å². The molecular formula is C34H72N2O.